The van der Waals surface area contributed by atoms with Crippen LogP contribution in [0, 0.1) is 0 Å². The van der Waals surface area contributed by atoms with E-state index in [9.17, 15) is 0 Å². The number of rotatable bonds is 6. The second kappa shape index (κ2) is 13.0. The zero-order valence-electron chi connectivity index (χ0n) is 30.1. The zero-order valence-corrected chi connectivity index (χ0v) is 30.1. The van der Waals surface area contributed by atoms with Gasteiger partial charge in [-0.3, -0.25) is 0 Å². The number of aromatic nitrogens is 3. The van der Waals surface area contributed by atoms with Gasteiger partial charge in [0.2, 0.25) is 0 Å². The molecule has 11 aromatic rings. The molecule has 0 spiro atoms. The molecule has 3 aromatic heterocycles. The van der Waals surface area contributed by atoms with E-state index in [1.165, 1.54) is 0 Å². The highest BCUT2D eigenvalue weighted by atomic mass is 16.3. The third-order valence-electron chi connectivity index (χ3n) is 10.6. The summed E-state index contributed by atoms with van der Waals surface area (Å²) in [4.78, 5) is 14.9. The lowest BCUT2D eigenvalue weighted by Gasteiger charge is -2.09. The van der Waals surface area contributed by atoms with Crippen LogP contribution in [-0.4, -0.2) is 15.0 Å². The Morgan fingerprint density at radius 1 is 0.268 bits per heavy atom. The summed E-state index contributed by atoms with van der Waals surface area (Å²) in [5.74, 6) is 1.81. The summed E-state index contributed by atoms with van der Waals surface area (Å²) in [6, 6.07) is 64.5. The van der Waals surface area contributed by atoms with Gasteiger partial charge in [-0.15, -0.1) is 0 Å². The van der Waals surface area contributed by atoms with E-state index in [1.807, 2.05) is 54.6 Å². The van der Waals surface area contributed by atoms with Crippen LogP contribution >= 0.6 is 0 Å². The Labute approximate surface area is 322 Å². The summed E-state index contributed by atoms with van der Waals surface area (Å²) in [6.07, 6.45) is 0. The topological polar surface area (TPSA) is 65.0 Å². The van der Waals surface area contributed by atoms with Crippen LogP contribution in [-0.2, 0) is 0 Å². The molecular weight excluding hydrogens is 687 g/mol. The average molecular weight is 718 g/mol. The third-order valence-corrected chi connectivity index (χ3v) is 10.6. The number of hydrogen-bond acceptors (Lipinski definition) is 5. The fraction of sp³-hybridized carbons (Fsp3) is 0. The number of benzene rings is 8. The zero-order chi connectivity index (χ0) is 37.0. The number of furan rings is 2. The highest BCUT2D eigenvalue weighted by molar-refractivity contribution is 6.11. The number of para-hydroxylation sites is 3. The highest BCUT2D eigenvalue weighted by Crippen LogP contribution is 2.40. The van der Waals surface area contributed by atoms with Gasteiger partial charge in [-0.05, 0) is 40.5 Å². The van der Waals surface area contributed by atoms with Crippen molar-refractivity contribution in [3.05, 3.63) is 188 Å². The second-order valence-electron chi connectivity index (χ2n) is 14.0. The van der Waals surface area contributed by atoms with Crippen LogP contribution in [0.2, 0.25) is 0 Å². The Balaban J connectivity index is 0.973. The van der Waals surface area contributed by atoms with Gasteiger partial charge in [0.15, 0.2) is 17.5 Å². The van der Waals surface area contributed by atoms with Crippen molar-refractivity contribution >= 4 is 43.9 Å². The summed E-state index contributed by atoms with van der Waals surface area (Å²) in [7, 11) is 0. The van der Waals surface area contributed by atoms with Gasteiger partial charge in [-0.2, -0.15) is 0 Å². The average Bonchev–Trinajstić information content (AvgIpc) is 3.85. The van der Waals surface area contributed by atoms with E-state index in [1.54, 1.807) is 0 Å². The smallest absolute Gasteiger partial charge is 0.164 e. The SMILES string of the molecule is c1ccc(-c2ccc(-c3nc(-c4ccccc4)nc(-c4ccc5c(c4)oc4c(-c6ccc(-c7cccc8c7oc7ccccc78)cc6)cccc45)n3)cc2)cc1. The molecule has 56 heavy (non-hydrogen) atoms. The molecular formula is C51H31N3O2. The quantitative estimate of drug-likeness (QED) is 0.171. The Hall–Kier alpha value is -7.63. The molecule has 0 bridgehead atoms. The summed E-state index contributed by atoms with van der Waals surface area (Å²) < 4.78 is 13.0. The lowest BCUT2D eigenvalue weighted by atomic mass is 9.97. The van der Waals surface area contributed by atoms with Crippen LogP contribution in [0.15, 0.2) is 197 Å². The van der Waals surface area contributed by atoms with Crippen molar-refractivity contribution in [2.45, 2.75) is 0 Å². The molecule has 0 N–H and O–H groups in total. The van der Waals surface area contributed by atoms with E-state index in [0.29, 0.717) is 17.5 Å². The molecule has 0 saturated carbocycles. The molecule has 0 fully saturated rings. The van der Waals surface area contributed by atoms with E-state index in [0.717, 1.165) is 93.9 Å². The minimum atomic E-state index is 0.582. The van der Waals surface area contributed by atoms with Gasteiger partial charge in [-0.25, -0.2) is 15.0 Å². The lowest BCUT2D eigenvalue weighted by Crippen LogP contribution is -2.00. The minimum absolute atomic E-state index is 0.582. The van der Waals surface area contributed by atoms with Crippen LogP contribution in [0.5, 0.6) is 0 Å². The molecule has 0 radical (unpaired) electrons. The molecule has 5 nitrogen and oxygen atoms in total. The van der Waals surface area contributed by atoms with Crippen molar-refractivity contribution in [1.82, 2.24) is 15.0 Å². The van der Waals surface area contributed by atoms with Crippen LogP contribution in [0.4, 0.5) is 0 Å². The summed E-state index contributed by atoms with van der Waals surface area (Å²) in [6.45, 7) is 0. The van der Waals surface area contributed by atoms with Gasteiger partial charge in [0.25, 0.3) is 0 Å². The monoisotopic (exact) mass is 717 g/mol. The predicted octanol–water partition coefficient (Wildman–Crippen LogP) is 13.7. The molecule has 11 rings (SSSR count). The predicted molar refractivity (Wildman–Crippen MR) is 227 cm³/mol. The summed E-state index contributed by atoms with van der Waals surface area (Å²) in [5, 5.41) is 4.34. The molecule has 5 heteroatoms. The van der Waals surface area contributed by atoms with Crippen molar-refractivity contribution in [3.8, 4) is 67.5 Å². The molecule has 0 saturated heterocycles. The molecule has 0 atom stereocenters. The van der Waals surface area contributed by atoms with Crippen LogP contribution in [0.3, 0.4) is 0 Å². The highest BCUT2D eigenvalue weighted by Gasteiger charge is 2.17. The first-order valence-electron chi connectivity index (χ1n) is 18.7. The number of nitrogens with zero attached hydrogens (tertiary/aromatic N) is 3. The Kier molecular flexibility index (Phi) is 7.42. The van der Waals surface area contributed by atoms with E-state index >= 15 is 0 Å². The van der Waals surface area contributed by atoms with Gasteiger partial charge in [0, 0.05) is 49.4 Å². The van der Waals surface area contributed by atoms with Crippen molar-refractivity contribution < 1.29 is 8.83 Å². The summed E-state index contributed by atoms with van der Waals surface area (Å²) >= 11 is 0. The molecule has 0 aliphatic rings. The molecule has 0 unspecified atom stereocenters. The molecule has 262 valence electrons. The molecule has 0 amide bonds. The maximum absolute atomic E-state index is 6.71. The summed E-state index contributed by atoms with van der Waals surface area (Å²) in [5.41, 5.74) is 12.7. The maximum Gasteiger partial charge on any atom is 0.164 e. The van der Waals surface area contributed by atoms with Crippen molar-refractivity contribution in [3.63, 3.8) is 0 Å². The third kappa shape index (κ3) is 5.45. The van der Waals surface area contributed by atoms with E-state index in [2.05, 4.69) is 133 Å². The van der Waals surface area contributed by atoms with E-state index in [4.69, 9.17) is 23.8 Å². The first-order chi connectivity index (χ1) is 27.7. The fourth-order valence-electron chi connectivity index (χ4n) is 7.76. The first-order valence-corrected chi connectivity index (χ1v) is 18.7. The lowest BCUT2D eigenvalue weighted by molar-refractivity contribution is 0.669. The Bertz CT molecular complexity index is 3220. The van der Waals surface area contributed by atoms with E-state index < -0.39 is 0 Å². The van der Waals surface area contributed by atoms with Crippen LogP contribution < -0.4 is 0 Å². The van der Waals surface area contributed by atoms with Gasteiger partial charge in [-0.1, -0.05) is 170 Å². The molecule has 0 aliphatic carbocycles. The molecule has 8 aromatic carbocycles. The maximum atomic E-state index is 6.71. The molecule has 3 heterocycles. The Morgan fingerprint density at radius 3 is 1.30 bits per heavy atom. The van der Waals surface area contributed by atoms with Crippen molar-refractivity contribution in [2.75, 3.05) is 0 Å². The Morgan fingerprint density at radius 2 is 0.679 bits per heavy atom. The van der Waals surface area contributed by atoms with Gasteiger partial charge in [0.1, 0.15) is 22.3 Å². The van der Waals surface area contributed by atoms with Gasteiger partial charge in [0.05, 0.1) is 0 Å². The number of fused-ring (bicyclic) bond motifs is 6. The first kappa shape index (κ1) is 31.9. The largest absolute Gasteiger partial charge is 0.455 e. The van der Waals surface area contributed by atoms with Gasteiger partial charge >= 0.3 is 0 Å². The van der Waals surface area contributed by atoms with Crippen LogP contribution in [0.1, 0.15) is 0 Å². The van der Waals surface area contributed by atoms with Gasteiger partial charge < -0.3 is 8.83 Å². The normalized spacial score (nSPS) is 11.6. The second-order valence-corrected chi connectivity index (χ2v) is 14.0. The molecule has 0 aliphatic heterocycles. The minimum Gasteiger partial charge on any atom is -0.455 e. The van der Waals surface area contributed by atoms with Crippen LogP contribution in [0.25, 0.3) is 111 Å². The standard InChI is InChI=1S/C51H31N3O2/c1-3-11-32(12-4-1)33-21-27-37(28-22-33)50-52-49(36-13-5-2-6-14-36)53-51(54-50)38-29-30-42-44-19-10-17-40(48(44)56-46(42)31-38)35-25-23-34(24-26-35)39-16-9-18-43-41-15-7-8-20-45(41)55-47(39)43/h1-31H. The number of hydrogen-bond donors (Lipinski definition) is 0. The van der Waals surface area contributed by atoms with E-state index in [-0.39, 0.29) is 0 Å². The fourth-order valence-corrected chi connectivity index (χ4v) is 7.76. The van der Waals surface area contributed by atoms with Crippen molar-refractivity contribution in [2.24, 2.45) is 0 Å². The van der Waals surface area contributed by atoms with Crippen molar-refractivity contribution in [1.29, 1.82) is 0 Å².